The third-order valence-electron chi connectivity index (χ3n) is 3.15. The van der Waals surface area contributed by atoms with Gasteiger partial charge in [-0.1, -0.05) is 41.5 Å². The summed E-state index contributed by atoms with van der Waals surface area (Å²) in [5.41, 5.74) is -2.42. The van der Waals surface area contributed by atoms with E-state index in [0.717, 1.165) is 0 Å². The van der Waals surface area contributed by atoms with Gasteiger partial charge in [0.2, 0.25) is 0 Å². The highest BCUT2D eigenvalue weighted by Crippen LogP contribution is 2.32. The smallest absolute Gasteiger partial charge is 0.306 e. The van der Waals surface area contributed by atoms with Gasteiger partial charge in [0.15, 0.2) is 0 Å². The lowest BCUT2D eigenvalue weighted by atomic mass is 9.79. The van der Waals surface area contributed by atoms with Gasteiger partial charge in [0.05, 0.1) is 13.2 Å². The second kappa shape index (κ2) is 6.87. The van der Waals surface area contributed by atoms with E-state index in [1.54, 1.807) is 20.8 Å². The minimum absolute atomic E-state index is 0.0144. The summed E-state index contributed by atoms with van der Waals surface area (Å²) in [6.07, 6.45) is -0.0694. The minimum atomic E-state index is -1.84. The summed E-state index contributed by atoms with van der Waals surface area (Å²) in [6, 6.07) is 0. The summed E-state index contributed by atoms with van der Waals surface area (Å²) < 4.78 is 5.35. The quantitative estimate of drug-likeness (QED) is 0.645. The number of ether oxygens (including phenoxy) is 1. The Labute approximate surface area is 122 Å². The molecule has 0 radical (unpaired) electrons. The maximum atomic E-state index is 11.9. The highest BCUT2D eigenvalue weighted by Gasteiger charge is 2.45. The summed E-state index contributed by atoms with van der Waals surface area (Å²) in [7, 11) is 0. The number of carbonyl (C=O) groups excluding carboxylic acids is 1. The van der Waals surface area contributed by atoms with Crippen LogP contribution in [-0.2, 0) is 9.53 Å². The number of hydrogen-bond donors (Lipinski definition) is 3. The molecule has 0 saturated carbocycles. The lowest BCUT2D eigenvalue weighted by molar-refractivity contribution is -0.197. The van der Waals surface area contributed by atoms with E-state index in [1.165, 1.54) is 0 Å². The molecular weight excluding hydrogens is 260 g/mol. The fraction of sp³-hybridized carbons (Fsp3) is 0.933. The lowest BCUT2D eigenvalue weighted by Crippen LogP contribution is -2.56. The monoisotopic (exact) mass is 290 g/mol. The van der Waals surface area contributed by atoms with E-state index < -0.39 is 36.3 Å². The molecule has 1 unspecified atom stereocenters. The largest absolute Gasteiger partial charge is 0.459 e. The van der Waals surface area contributed by atoms with Crippen molar-refractivity contribution < 1.29 is 24.9 Å². The van der Waals surface area contributed by atoms with E-state index in [-0.39, 0.29) is 11.8 Å². The number of hydrogen-bond acceptors (Lipinski definition) is 5. The Kier molecular flexibility index (Phi) is 6.65. The Morgan fingerprint density at radius 3 is 1.80 bits per heavy atom. The highest BCUT2D eigenvalue weighted by molar-refractivity contribution is 5.69. The Morgan fingerprint density at radius 1 is 1.05 bits per heavy atom. The van der Waals surface area contributed by atoms with Gasteiger partial charge in [0.25, 0.3) is 0 Å². The van der Waals surface area contributed by atoms with Crippen LogP contribution < -0.4 is 0 Å². The average Bonchev–Trinajstić information content (AvgIpc) is 2.30. The number of esters is 1. The maximum Gasteiger partial charge on any atom is 0.306 e. The number of rotatable bonds is 6. The van der Waals surface area contributed by atoms with Crippen molar-refractivity contribution in [2.45, 2.75) is 66.1 Å². The molecule has 0 aromatic rings. The van der Waals surface area contributed by atoms with Crippen LogP contribution >= 0.6 is 0 Å². The number of aliphatic hydroxyl groups is 3. The Balaban J connectivity index is 4.89. The standard InChI is InChI=1S/C15H30O5/c1-13(2,3)8-7-11(18)20-12(14(4,5)6)15(19,9-16)10-17/h12,16-17,19H,7-10H2,1-6H3. The Hall–Kier alpha value is -0.650. The first-order chi connectivity index (χ1) is 8.85. The predicted octanol–water partition coefficient (Wildman–Crippen LogP) is 1.49. The van der Waals surface area contributed by atoms with Crippen LogP contribution in [-0.4, -0.2) is 46.2 Å². The van der Waals surface area contributed by atoms with E-state index in [2.05, 4.69) is 0 Å². The SMILES string of the molecule is CC(C)(C)CCC(=O)OC(C(C)(C)C)C(O)(CO)CO. The first-order valence-electron chi connectivity index (χ1n) is 6.99. The van der Waals surface area contributed by atoms with Crippen molar-refractivity contribution in [3.8, 4) is 0 Å². The second-order valence-electron chi connectivity index (χ2n) is 7.72. The van der Waals surface area contributed by atoms with E-state index in [0.29, 0.717) is 6.42 Å². The van der Waals surface area contributed by atoms with Crippen LogP contribution in [0, 0.1) is 10.8 Å². The van der Waals surface area contributed by atoms with Crippen molar-refractivity contribution in [2.75, 3.05) is 13.2 Å². The van der Waals surface area contributed by atoms with Gasteiger partial charge in [0, 0.05) is 11.8 Å². The minimum Gasteiger partial charge on any atom is -0.459 e. The van der Waals surface area contributed by atoms with E-state index >= 15 is 0 Å². The molecule has 5 heteroatoms. The van der Waals surface area contributed by atoms with Crippen LogP contribution in [0.2, 0.25) is 0 Å². The molecule has 5 nitrogen and oxygen atoms in total. The zero-order valence-electron chi connectivity index (χ0n) is 13.6. The van der Waals surface area contributed by atoms with E-state index in [9.17, 15) is 20.1 Å². The molecule has 0 aliphatic heterocycles. The summed E-state index contributed by atoms with van der Waals surface area (Å²) in [5, 5.41) is 28.8. The predicted molar refractivity (Wildman–Crippen MR) is 77.1 cm³/mol. The van der Waals surface area contributed by atoms with Gasteiger partial charge in [-0.05, 0) is 11.8 Å². The molecule has 0 heterocycles. The van der Waals surface area contributed by atoms with Crippen molar-refractivity contribution >= 4 is 5.97 Å². The molecule has 0 amide bonds. The van der Waals surface area contributed by atoms with Crippen molar-refractivity contribution in [3.63, 3.8) is 0 Å². The molecule has 20 heavy (non-hydrogen) atoms. The summed E-state index contributed by atoms with van der Waals surface area (Å²) in [4.78, 5) is 11.9. The molecule has 0 aromatic carbocycles. The van der Waals surface area contributed by atoms with Gasteiger partial charge in [-0.15, -0.1) is 0 Å². The lowest BCUT2D eigenvalue weighted by Gasteiger charge is -2.40. The van der Waals surface area contributed by atoms with Gasteiger partial charge in [-0.2, -0.15) is 0 Å². The van der Waals surface area contributed by atoms with E-state index in [1.807, 2.05) is 20.8 Å². The number of aliphatic hydroxyl groups excluding tert-OH is 2. The topological polar surface area (TPSA) is 87.0 Å². The van der Waals surface area contributed by atoms with Crippen LogP contribution in [0.5, 0.6) is 0 Å². The van der Waals surface area contributed by atoms with Gasteiger partial charge >= 0.3 is 5.97 Å². The molecule has 3 N–H and O–H groups in total. The van der Waals surface area contributed by atoms with Crippen LogP contribution in [0.3, 0.4) is 0 Å². The average molecular weight is 290 g/mol. The molecular formula is C15H30O5. The van der Waals surface area contributed by atoms with Crippen molar-refractivity contribution in [1.29, 1.82) is 0 Å². The molecule has 120 valence electrons. The molecule has 0 spiro atoms. The fourth-order valence-corrected chi connectivity index (χ4v) is 1.98. The molecule has 0 fully saturated rings. The van der Waals surface area contributed by atoms with Crippen molar-refractivity contribution in [1.82, 2.24) is 0 Å². The Morgan fingerprint density at radius 2 is 1.50 bits per heavy atom. The van der Waals surface area contributed by atoms with Crippen LogP contribution in [0.25, 0.3) is 0 Å². The molecule has 0 rings (SSSR count). The molecule has 0 bridgehead atoms. The van der Waals surface area contributed by atoms with Crippen molar-refractivity contribution in [3.05, 3.63) is 0 Å². The van der Waals surface area contributed by atoms with Crippen LogP contribution in [0.1, 0.15) is 54.4 Å². The van der Waals surface area contributed by atoms with Gasteiger partial charge < -0.3 is 20.1 Å². The van der Waals surface area contributed by atoms with Crippen molar-refractivity contribution in [2.24, 2.45) is 10.8 Å². The van der Waals surface area contributed by atoms with Gasteiger partial charge in [0.1, 0.15) is 11.7 Å². The normalized spacial score (nSPS) is 15.1. The Bertz CT molecular complexity index is 307. The third kappa shape index (κ3) is 6.20. The van der Waals surface area contributed by atoms with Gasteiger partial charge in [-0.25, -0.2) is 0 Å². The zero-order chi connectivity index (χ0) is 16.2. The molecule has 0 aliphatic carbocycles. The molecule has 0 aliphatic rings. The zero-order valence-corrected chi connectivity index (χ0v) is 13.6. The fourth-order valence-electron chi connectivity index (χ4n) is 1.98. The first kappa shape index (κ1) is 19.4. The molecule has 1 atom stereocenters. The molecule has 0 saturated heterocycles. The summed E-state index contributed by atoms with van der Waals surface area (Å²) in [5.74, 6) is -0.430. The summed E-state index contributed by atoms with van der Waals surface area (Å²) in [6.45, 7) is 10.1. The van der Waals surface area contributed by atoms with E-state index in [4.69, 9.17) is 4.74 Å². The van der Waals surface area contributed by atoms with Crippen LogP contribution in [0.15, 0.2) is 0 Å². The van der Waals surface area contributed by atoms with Crippen LogP contribution in [0.4, 0.5) is 0 Å². The van der Waals surface area contributed by atoms with Gasteiger partial charge in [-0.3, -0.25) is 4.79 Å². The first-order valence-corrected chi connectivity index (χ1v) is 6.99. The molecule has 0 aromatic heterocycles. The third-order valence-corrected chi connectivity index (χ3v) is 3.15. The second-order valence-corrected chi connectivity index (χ2v) is 7.72. The number of carbonyl (C=O) groups is 1. The highest BCUT2D eigenvalue weighted by atomic mass is 16.6. The summed E-state index contributed by atoms with van der Waals surface area (Å²) >= 11 is 0. The maximum absolute atomic E-state index is 11.9.